The number of ether oxygens (including phenoxy) is 2. The van der Waals surface area contributed by atoms with Crippen molar-refractivity contribution in [3.63, 3.8) is 0 Å². The highest BCUT2D eigenvalue weighted by Crippen LogP contribution is 2.61. The molecule has 1 aliphatic heterocycles. The molecular formula is C19H32O5. The van der Waals surface area contributed by atoms with Crippen molar-refractivity contribution >= 4 is 5.97 Å². The van der Waals surface area contributed by atoms with E-state index in [4.69, 9.17) is 9.47 Å². The topological polar surface area (TPSA) is 76.0 Å². The first-order valence-electron chi connectivity index (χ1n) is 9.42. The number of unbranched alkanes of at least 4 members (excludes halogenated alkanes) is 1. The minimum atomic E-state index is -0.910. The Morgan fingerprint density at radius 2 is 1.92 bits per heavy atom. The number of aliphatic hydroxyl groups is 2. The fraction of sp³-hybridized carbons (Fsp3) is 0.947. The summed E-state index contributed by atoms with van der Waals surface area (Å²) in [7, 11) is 0. The van der Waals surface area contributed by atoms with Gasteiger partial charge in [-0.2, -0.15) is 0 Å². The van der Waals surface area contributed by atoms with Gasteiger partial charge in [-0.15, -0.1) is 0 Å². The van der Waals surface area contributed by atoms with Gasteiger partial charge in [-0.05, 0) is 46.0 Å². The van der Waals surface area contributed by atoms with Gasteiger partial charge < -0.3 is 19.7 Å². The van der Waals surface area contributed by atoms with Gasteiger partial charge in [-0.1, -0.05) is 19.8 Å². The number of fused-ring (bicyclic) bond motifs is 1. The van der Waals surface area contributed by atoms with Crippen LogP contribution in [0.15, 0.2) is 0 Å². The SMILES string of the molecule is CCCCC(C)(O)CCOC1C2CC3C1OC(=O)C3C2C(C)(C)O. The van der Waals surface area contributed by atoms with E-state index in [0.29, 0.717) is 13.0 Å². The van der Waals surface area contributed by atoms with E-state index in [1.54, 1.807) is 13.8 Å². The summed E-state index contributed by atoms with van der Waals surface area (Å²) >= 11 is 0. The monoisotopic (exact) mass is 340 g/mol. The maximum Gasteiger partial charge on any atom is 0.310 e. The third-order valence-corrected chi connectivity index (χ3v) is 6.38. The highest BCUT2D eigenvalue weighted by Gasteiger charge is 2.69. The maximum atomic E-state index is 12.2. The molecule has 5 heteroatoms. The molecule has 1 heterocycles. The van der Waals surface area contributed by atoms with Crippen LogP contribution in [-0.2, 0) is 14.3 Å². The van der Waals surface area contributed by atoms with E-state index < -0.39 is 11.2 Å². The fourth-order valence-corrected chi connectivity index (χ4v) is 5.27. The van der Waals surface area contributed by atoms with Crippen LogP contribution in [-0.4, -0.2) is 46.2 Å². The molecule has 0 spiro atoms. The highest BCUT2D eigenvalue weighted by atomic mass is 16.6. The van der Waals surface area contributed by atoms with Crippen LogP contribution in [0.2, 0.25) is 0 Å². The Bertz CT molecular complexity index is 481. The zero-order valence-electron chi connectivity index (χ0n) is 15.3. The van der Waals surface area contributed by atoms with E-state index in [2.05, 4.69) is 6.92 Å². The van der Waals surface area contributed by atoms with Crippen LogP contribution >= 0.6 is 0 Å². The van der Waals surface area contributed by atoms with Gasteiger partial charge in [0.05, 0.1) is 23.2 Å². The van der Waals surface area contributed by atoms with E-state index in [-0.39, 0.29) is 41.8 Å². The van der Waals surface area contributed by atoms with Gasteiger partial charge >= 0.3 is 5.97 Å². The number of rotatable bonds is 8. The van der Waals surface area contributed by atoms with Gasteiger partial charge in [-0.25, -0.2) is 0 Å². The number of carbonyl (C=O) groups excluding carboxylic acids is 1. The molecule has 7 atom stereocenters. The first kappa shape index (κ1) is 18.2. The standard InChI is InChI=1S/C19H32O5/c1-5-6-7-19(4,22)8-9-23-15-12-10-11-13(14(12)18(2,3)21)17(20)24-16(11)15/h11-16,21-22H,5-10H2,1-4H3. The molecule has 0 radical (unpaired) electrons. The smallest absolute Gasteiger partial charge is 0.310 e. The van der Waals surface area contributed by atoms with Crippen LogP contribution in [0.1, 0.15) is 59.8 Å². The maximum absolute atomic E-state index is 12.2. The molecule has 3 fully saturated rings. The summed E-state index contributed by atoms with van der Waals surface area (Å²) in [5, 5.41) is 20.9. The molecule has 2 saturated carbocycles. The average Bonchev–Trinajstić information content (AvgIpc) is 3.07. The molecule has 2 N–H and O–H groups in total. The van der Waals surface area contributed by atoms with Crippen LogP contribution in [0, 0.1) is 23.7 Å². The average molecular weight is 340 g/mol. The second-order valence-corrected chi connectivity index (χ2v) is 8.86. The third kappa shape index (κ3) is 3.11. The molecule has 2 aliphatic carbocycles. The Morgan fingerprint density at radius 1 is 1.21 bits per heavy atom. The van der Waals surface area contributed by atoms with Crippen molar-refractivity contribution in [3.05, 3.63) is 0 Å². The summed E-state index contributed by atoms with van der Waals surface area (Å²) < 4.78 is 11.7. The number of carbonyl (C=O) groups is 1. The summed E-state index contributed by atoms with van der Waals surface area (Å²) in [6, 6.07) is 0. The Morgan fingerprint density at radius 3 is 2.54 bits per heavy atom. The van der Waals surface area contributed by atoms with E-state index >= 15 is 0 Å². The summed E-state index contributed by atoms with van der Waals surface area (Å²) in [4.78, 5) is 12.2. The zero-order chi connectivity index (χ0) is 17.7. The van der Waals surface area contributed by atoms with Crippen molar-refractivity contribution in [2.24, 2.45) is 23.7 Å². The molecule has 0 amide bonds. The molecule has 7 unspecified atom stereocenters. The Balaban J connectivity index is 1.62. The highest BCUT2D eigenvalue weighted by molar-refractivity contribution is 5.77. The minimum Gasteiger partial charge on any atom is -0.459 e. The van der Waals surface area contributed by atoms with Crippen LogP contribution in [0.4, 0.5) is 0 Å². The van der Waals surface area contributed by atoms with Crippen molar-refractivity contribution in [1.29, 1.82) is 0 Å². The minimum absolute atomic E-state index is 0.0978. The molecule has 24 heavy (non-hydrogen) atoms. The summed E-state index contributed by atoms with van der Waals surface area (Å²) in [6.45, 7) is 8.00. The van der Waals surface area contributed by atoms with Gasteiger partial charge in [-0.3, -0.25) is 4.79 Å². The van der Waals surface area contributed by atoms with Gasteiger partial charge in [0.2, 0.25) is 0 Å². The quantitative estimate of drug-likeness (QED) is 0.663. The Kier molecular flexibility index (Phi) is 4.73. The van der Waals surface area contributed by atoms with Crippen molar-refractivity contribution in [1.82, 2.24) is 0 Å². The molecule has 3 aliphatic rings. The molecule has 1 saturated heterocycles. The predicted molar refractivity (Wildman–Crippen MR) is 89.3 cm³/mol. The summed E-state index contributed by atoms with van der Waals surface area (Å²) in [5.74, 6) is -0.0888. The molecule has 5 nitrogen and oxygen atoms in total. The van der Waals surface area contributed by atoms with E-state index in [1.807, 2.05) is 6.92 Å². The lowest BCUT2D eigenvalue weighted by atomic mass is 9.71. The Labute approximate surface area is 144 Å². The molecule has 0 aromatic heterocycles. The largest absolute Gasteiger partial charge is 0.459 e. The van der Waals surface area contributed by atoms with Gasteiger partial charge in [0.1, 0.15) is 6.10 Å². The number of hydrogen-bond donors (Lipinski definition) is 2. The van der Waals surface area contributed by atoms with Crippen molar-refractivity contribution in [2.45, 2.75) is 83.2 Å². The van der Waals surface area contributed by atoms with Crippen LogP contribution < -0.4 is 0 Å². The van der Waals surface area contributed by atoms with Crippen molar-refractivity contribution < 1.29 is 24.5 Å². The van der Waals surface area contributed by atoms with E-state index in [0.717, 1.165) is 25.7 Å². The van der Waals surface area contributed by atoms with Crippen LogP contribution in [0.5, 0.6) is 0 Å². The molecule has 2 bridgehead atoms. The summed E-state index contributed by atoms with van der Waals surface area (Å²) in [5.41, 5.74) is -1.62. The zero-order valence-corrected chi connectivity index (χ0v) is 15.3. The molecule has 0 aromatic rings. The van der Waals surface area contributed by atoms with E-state index in [1.165, 1.54) is 0 Å². The molecule has 3 rings (SSSR count). The normalized spacial score (nSPS) is 40.0. The number of hydrogen-bond acceptors (Lipinski definition) is 5. The van der Waals surface area contributed by atoms with Crippen molar-refractivity contribution in [3.8, 4) is 0 Å². The number of esters is 1. The van der Waals surface area contributed by atoms with Gasteiger partial charge in [0.25, 0.3) is 0 Å². The molecule has 0 aromatic carbocycles. The molecule has 138 valence electrons. The lowest BCUT2D eigenvalue weighted by Crippen LogP contribution is -2.48. The first-order valence-corrected chi connectivity index (χ1v) is 9.42. The van der Waals surface area contributed by atoms with Crippen LogP contribution in [0.25, 0.3) is 0 Å². The van der Waals surface area contributed by atoms with Crippen LogP contribution in [0.3, 0.4) is 0 Å². The third-order valence-electron chi connectivity index (χ3n) is 6.38. The lowest BCUT2D eigenvalue weighted by molar-refractivity contribution is -0.148. The second kappa shape index (κ2) is 6.26. The Hall–Kier alpha value is -0.650. The second-order valence-electron chi connectivity index (χ2n) is 8.86. The lowest BCUT2D eigenvalue weighted by Gasteiger charge is -2.38. The van der Waals surface area contributed by atoms with Crippen molar-refractivity contribution in [2.75, 3.05) is 6.61 Å². The predicted octanol–water partition coefficient (Wildman–Crippen LogP) is 2.28. The van der Waals surface area contributed by atoms with Gasteiger partial charge in [0, 0.05) is 18.4 Å². The van der Waals surface area contributed by atoms with Gasteiger partial charge in [0.15, 0.2) is 0 Å². The fourth-order valence-electron chi connectivity index (χ4n) is 5.27. The van der Waals surface area contributed by atoms with E-state index in [9.17, 15) is 15.0 Å². The summed E-state index contributed by atoms with van der Waals surface area (Å²) in [6.07, 6.45) is 4.02. The molecular weight excluding hydrogens is 308 g/mol. The first-order chi connectivity index (χ1) is 11.2.